The smallest absolute Gasteiger partial charge is 0.146 e. The van der Waals surface area contributed by atoms with Gasteiger partial charge in [0.2, 0.25) is 0 Å². The van der Waals surface area contributed by atoms with Crippen LogP contribution in [0.4, 0.5) is 0 Å². The molecule has 2 N–H and O–H groups in total. The quantitative estimate of drug-likeness (QED) is 0.280. The zero-order valence-electron chi connectivity index (χ0n) is 15.6. The first-order valence-corrected chi connectivity index (χ1v) is 11.1. The number of benzene rings is 2. The third kappa shape index (κ3) is 4.78. The van der Waals surface area contributed by atoms with Crippen molar-refractivity contribution in [3.63, 3.8) is 0 Å². The van der Waals surface area contributed by atoms with Crippen LogP contribution in [0.25, 0.3) is 22.4 Å². The minimum absolute atomic E-state index is 0.0176. The molecule has 0 bridgehead atoms. The second kappa shape index (κ2) is 9.41. The van der Waals surface area contributed by atoms with Crippen LogP contribution < -0.4 is 11.1 Å². The zero-order valence-corrected chi connectivity index (χ0v) is 17.6. The van der Waals surface area contributed by atoms with Gasteiger partial charge in [-0.25, -0.2) is 9.97 Å². The van der Waals surface area contributed by atoms with Crippen LogP contribution in [0.3, 0.4) is 0 Å². The molecule has 8 heteroatoms. The van der Waals surface area contributed by atoms with Gasteiger partial charge in [0.25, 0.3) is 0 Å². The number of nitrogens with one attached hydrogen (secondary N) is 2. The average molecular weight is 430 g/mol. The van der Waals surface area contributed by atoms with Crippen LogP contribution in [-0.2, 0) is 9.59 Å². The molecule has 146 valence electrons. The summed E-state index contributed by atoms with van der Waals surface area (Å²) in [5.41, 5.74) is 7.02. The van der Waals surface area contributed by atoms with Crippen LogP contribution in [0, 0.1) is 11.8 Å². The highest BCUT2D eigenvalue weighted by molar-refractivity contribution is 7.62. The molecule has 30 heavy (non-hydrogen) atoms. The van der Waals surface area contributed by atoms with Crippen molar-refractivity contribution in [1.82, 2.24) is 19.9 Å². The molecular formula is C22H16N4O2P2. The van der Waals surface area contributed by atoms with Crippen LogP contribution in [-0.4, -0.2) is 32.0 Å². The lowest BCUT2D eigenvalue weighted by molar-refractivity contribution is 0.569. The molecule has 2 unspecified atom stereocenters. The van der Waals surface area contributed by atoms with Gasteiger partial charge in [-0.3, -0.25) is 9.59 Å². The Kier molecular flexibility index (Phi) is 6.25. The second-order valence-electron chi connectivity index (χ2n) is 6.22. The number of aromatic amines is 2. The maximum atomic E-state index is 10.6. The Morgan fingerprint density at radius 3 is 1.93 bits per heavy atom. The highest BCUT2D eigenvalue weighted by Crippen LogP contribution is 2.24. The van der Waals surface area contributed by atoms with Crippen molar-refractivity contribution in [2.45, 2.75) is 0 Å². The summed E-state index contributed by atoms with van der Waals surface area (Å²) >= 11 is 0. The molecule has 0 saturated heterocycles. The first-order valence-electron chi connectivity index (χ1n) is 8.98. The van der Waals surface area contributed by atoms with Crippen LogP contribution in [0.15, 0.2) is 60.9 Å². The van der Waals surface area contributed by atoms with Crippen LogP contribution in [0.2, 0.25) is 0 Å². The van der Waals surface area contributed by atoms with Crippen LogP contribution >= 0.6 is 17.2 Å². The minimum Gasteiger partial charge on any atom is -0.338 e. The molecule has 0 spiro atoms. The Bertz CT molecular complexity index is 1230. The predicted molar refractivity (Wildman–Crippen MR) is 123 cm³/mol. The van der Waals surface area contributed by atoms with Gasteiger partial charge in [0, 0.05) is 22.7 Å². The lowest BCUT2D eigenvalue weighted by Crippen LogP contribution is -1.97. The molecule has 4 aromatic rings. The number of imidazole rings is 2. The molecule has 2 aromatic carbocycles. The number of H-pyrrole nitrogens is 2. The normalized spacial score (nSPS) is 11.1. The highest BCUT2D eigenvalue weighted by Gasteiger charge is 2.04. The molecule has 0 saturated carbocycles. The summed E-state index contributed by atoms with van der Waals surface area (Å²) in [6.45, 7) is 0. The van der Waals surface area contributed by atoms with Crippen molar-refractivity contribution in [1.29, 1.82) is 0 Å². The van der Waals surface area contributed by atoms with Crippen molar-refractivity contribution >= 4 is 40.3 Å². The number of aromatic nitrogens is 4. The molecule has 0 amide bonds. The summed E-state index contributed by atoms with van der Waals surface area (Å²) in [7, 11) is 0.0583. The van der Waals surface area contributed by atoms with Gasteiger partial charge in [-0.1, -0.05) is 42.3 Å². The number of hydrogen-bond acceptors (Lipinski definition) is 4. The molecule has 0 aliphatic heterocycles. The molecule has 2 aromatic heterocycles. The SMILES string of the molecule is O=CPc1ncc(C#Cc2ccc(-c3ccc(-c4cnc(PC=O)[nH]4)cc3)cc2)[nH]1. The van der Waals surface area contributed by atoms with E-state index in [4.69, 9.17) is 0 Å². The topological polar surface area (TPSA) is 91.5 Å². The van der Waals surface area contributed by atoms with Gasteiger partial charge in [-0.15, -0.1) is 0 Å². The van der Waals surface area contributed by atoms with E-state index >= 15 is 0 Å². The van der Waals surface area contributed by atoms with Crippen molar-refractivity contribution < 1.29 is 9.59 Å². The van der Waals surface area contributed by atoms with Gasteiger partial charge < -0.3 is 9.97 Å². The fourth-order valence-electron chi connectivity index (χ4n) is 2.84. The van der Waals surface area contributed by atoms with E-state index in [1.165, 1.54) is 0 Å². The monoisotopic (exact) mass is 430 g/mol. The van der Waals surface area contributed by atoms with E-state index in [9.17, 15) is 9.59 Å². The zero-order chi connectivity index (χ0) is 20.8. The van der Waals surface area contributed by atoms with E-state index in [2.05, 4.69) is 43.9 Å². The molecule has 0 fully saturated rings. The van der Waals surface area contributed by atoms with Crippen LogP contribution in [0.5, 0.6) is 0 Å². The molecule has 2 atom stereocenters. The lowest BCUT2D eigenvalue weighted by atomic mass is 10.0. The van der Waals surface area contributed by atoms with Gasteiger partial charge in [0.05, 0.1) is 18.1 Å². The average Bonchev–Trinajstić information content (AvgIpc) is 3.43. The summed E-state index contributed by atoms with van der Waals surface area (Å²) in [6.07, 6.45) is 3.38. The Morgan fingerprint density at radius 2 is 1.27 bits per heavy atom. The Hall–Kier alpha value is -3.38. The van der Waals surface area contributed by atoms with Gasteiger partial charge in [0.15, 0.2) is 0 Å². The largest absolute Gasteiger partial charge is 0.338 e. The van der Waals surface area contributed by atoms with E-state index in [-0.39, 0.29) is 17.2 Å². The first-order chi connectivity index (χ1) is 14.7. The highest BCUT2D eigenvalue weighted by atomic mass is 31.1. The number of nitrogens with zero attached hydrogens (tertiary/aromatic N) is 2. The molecule has 6 nitrogen and oxygen atoms in total. The summed E-state index contributed by atoms with van der Waals surface area (Å²) in [6, 6.07) is 17.9. The van der Waals surface area contributed by atoms with Crippen molar-refractivity contribution in [3.8, 4) is 34.2 Å². The van der Waals surface area contributed by atoms with Gasteiger partial charge in [0.1, 0.15) is 28.9 Å². The Balaban J connectivity index is 1.46. The third-order valence-electron chi connectivity index (χ3n) is 4.30. The van der Waals surface area contributed by atoms with E-state index in [1.807, 2.05) is 36.4 Å². The molecule has 2 heterocycles. The molecular weight excluding hydrogens is 414 g/mol. The number of hydrogen-bond donors (Lipinski definition) is 2. The van der Waals surface area contributed by atoms with Crippen molar-refractivity contribution in [2.75, 3.05) is 0 Å². The van der Waals surface area contributed by atoms with E-state index in [0.717, 1.165) is 40.0 Å². The maximum Gasteiger partial charge on any atom is 0.146 e. The van der Waals surface area contributed by atoms with Gasteiger partial charge >= 0.3 is 0 Å². The van der Waals surface area contributed by atoms with E-state index in [0.29, 0.717) is 16.8 Å². The van der Waals surface area contributed by atoms with Crippen molar-refractivity contribution in [3.05, 3.63) is 72.2 Å². The fraction of sp³-hybridized carbons (Fsp3) is 0. The van der Waals surface area contributed by atoms with Gasteiger partial charge in [-0.05, 0) is 34.7 Å². The van der Waals surface area contributed by atoms with Crippen molar-refractivity contribution in [2.24, 2.45) is 0 Å². The maximum absolute atomic E-state index is 10.6. The van der Waals surface area contributed by atoms with Gasteiger partial charge in [-0.2, -0.15) is 0 Å². The molecule has 0 aliphatic carbocycles. The minimum atomic E-state index is 0.0176. The Labute approximate surface area is 176 Å². The first kappa shape index (κ1) is 19.9. The second-order valence-corrected chi connectivity index (χ2v) is 8.22. The summed E-state index contributed by atoms with van der Waals surface area (Å²) in [5, 5.41) is 0. The molecule has 4 rings (SSSR count). The molecule has 0 radical (unpaired) electrons. The number of carbonyl (C=O) groups excluding carboxylic acids is 2. The molecule has 0 aliphatic rings. The number of carbonyl (C=O) groups is 2. The third-order valence-corrected chi connectivity index (χ3v) is 5.59. The summed E-state index contributed by atoms with van der Waals surface area (Å²) in [5.74, 6) is 6.12. The lowest BCUT2D eigenvalue weighted by Gasteiger charge is -2.04. The Morgan fingerprint density at radius 1 is 0.700 bits per heavy atom. The number of rotatable bonds is 6. The predicted octanol–water partition coefficient (Wildman–Crippen LogP) is 2.85. The van der Waals surface area contributed by atoms with E-state index in [1.54, 1.807) is 12.4 Å². The fourth-order valence-corrected chi connectivity index (χ4v) is 3.75. The summed E-state index contributed by atoms with van der Waals surface area (Å²) in [4.78, 5) is 35.7. The van der Waals surface area contributed by atoms with E-state index < -0.39 is 0 Å². The van der Waals surface area contributed by atoms with Crippen LogP contribution in [0.1, 0.15) is 11.3 Å². The standard InChI is InChI=1S/C22H16N4O2P2/c27-13-29-21-23-11-19(25-21)10-3-15-1-4-16(5-2-15)17-6-8-18(9-7-17)20-12-24-22(26-20)30-14-28/h1-2,4-9,11-14,29-30H,(H,23,25)(H,24,26). The summed E-state index contributed by atoms with van der Waals surface area (Å²) < 4.78 is 0.